The van der Waals surface area contributed by atoms with E-state index < -0.39 is 0 Å². The Kier molecular flexibility index (Phi) is 16.1. The molecule has 0 spiro atoms. The van der Waals surface area contributed by atoms with Gasteiger partial charge in [0, 0.05) is 13.2 Å². The summed E-state index contributed by atoms with van der Waals surface area (Å²) < 4.78 is 10.5. The molecule has 0 aromatic heterocycles. The molecule has 1 atom stereocenters. The largest absolute Gasteiger partial charge is 2.00 e. The molecule has 2 fully saturated rings. The molecule has 4 nitrogen and oxygen atoms in total. The fourth-order valence-corrected chi connectivity index (χ4v) is 3.70. The van der Waals surface area contributed by atoms with Crippen LogP contribution in [0.3, 0.4) is 0 Å². The first-order valence-corrected chi connectivity index (χ1v) is 10.6. The third kappa shape index (κ3) is 12.9. The summed E-state index contributed by atoms with van der Waals surface area (Å²) in [6, 6.07) is 1.00. The molecule has 0 aromatic rings. The molecule has 2 radical (unpaired) electrons. The Morgan fingerprint density at radius 1 is 1.20 bits per heavy atom. The first-order chi connectivity index (χ1) is 11.6. The van der Waals surface area contributed by atoms with Crippen molar-refractivity contribution in [1.29, 1.82) is 0 Å². The number of carbonyl (C=O) groups excluding carboxylic acids is 1. The second-order valence-electron chi connectivity index (χ2n) is 6.81. The molecule has 25 heavy (non-hydrogen) atoms. The van der Waals surface area contributed by atoms with Gasteiger partial charge in [-0.3, -0.25) is 0 Å². The molecule has 6 heteroatoms. The Morgan fingerprint density at radius 3 is 2.44 bits per heavy atom. The van der Waals surface area contributed by atoms with Crippen LogP contribution in [0.1, 0.15) is 72.1 Å². The molecular weight excluding hydrogens is 374 g/mol. The van der Waals surface area contributed by atoms with Crippen LogP contribution in [0.25, 0.3) is 0 Å². The number of alkyl carbamates (subject to hydrolysis) is 1. The first kappa shape index (κ1) is 25.0. The van der Waals surface area contributed by atoms with E-state index in [1.165, 1.54) is 44.4 Å². The summed E-state index contributed by atoms with van der Waals surface area (Å²) in [4.78, 5) is 11.4. The molecule has 0 heterocycles. The van der Waals surface area contributed by atoms with E-state index in [1.807, 2.05) is 6.92 Å². The Morgan fingerprint density at radius 2 is 1.92 bits per heavy atom. The summed E-state index contributed by atoms with van der Waals surface area (Å²) in [6.45, 7) is 8.39. The van der Waals surface area contributed by atoms with E-state index in [1.54, 1.807) is 5.92 Å². The molecule has 2 aliphatic rings. The second kappa shape index (κ2) is 16.2. The topological polar surface area (TPSA) is 47.6 Å². The van der Waals surface area contributed by atoms with Gasteiger partial charge in [0.15, 0.2) is 0 Å². The molecule has 2 saturated carbocycles. The van der Waals surface area contributed by atoms with Gasteiger partial charge in [0.2, 0.25) is 9.76 Å². The van der Waals surface area contributed by atoms with Crippen molar-refractivity contribution < 1.29 is 31.0 Å². The number of hydrogen-bond donors (Lipinski definition) is 1. The smallest absolute Gasteiger partial charge is 0.452 e. The van der Waals surface area contributed by atoms with Crippen LogP contribution in [0.5, 0.6) is 0 Å². The van der Waals surface area contributed by atoms with Crippen LogP contribution in [0, 0.1) is 17.8 Å². The number of rotatable bonds is 8. The first-order valence-electron chi connectivity index (χ1n) is 9.52. The molecule has 0 bridgehead atoms. The van der Waals surface area contributed by atoms with E-state index in [-0.39, 0.29) is 23.2 Å². The van der Waals surface area contributed by atoms with E-state index in [2.05, 4.69) is 19.2 Å². The molecule has 0 saturated heterocycles. The molecule has 1 amide bonds. The van der Waals surface area contributed by atoms with Gasteiger partial charge >= 0.3 is 23.2 Å². The summed E-state index contributed by atoms with van der Waals surface area (Å²) in [6.07, 6.45) is 9.96. The van der Waals surface area contributed by atoms with Gasteiger partial charge in [-0.15, -0.1) is 5.92 Å². The third-order valence-corrected chi connectivity index (χ3v) is 5.72. The average Bonchev–Trinajstić information content (AvgIpc) is 3.20. The zero-order valence-corrected chi connectivity index (χ0v) is 18.2. The number of hydrogen-bond acceptors (Lipinski definition) is 3. The van der Waals surface area contributed by atoms with Gasteiger partial charge in [-0.25, -0.2) is 4.79 Å². The van der Waals surface area contributed by atoms with Crippen LogP contribution < -0.4 is 5.32 Å². The number of ether oxygens (including phenoxy) is 1. The van der Waals surface area contributed by atoms with Gasteiger partial charge in [0.05, 0.1) is 6.61 Å². The average molecular weight is 409 g/mol. The van der Waals surface area contributed by atoms with Crippen molar-refractivity contribution in [2.45, 2.75) is 78.2 Å². The second-order valence-corrected chi connectivity index (χ2v) is 7.88. The molecule has 0 aliphatic heterocycles. The molecule has 1 unspecified atom stereocenters. The van der Waals surface area contributed by atoms with Crippen LogP contribution in [-0.4, -0.2) is 35.6 Å². The maximum absolute atomic E-state index is 11.4. The summed E-state index contributed by atoms with van der Waals surface area (Å²) in [5.41, 5.74) is 0. The zero-order valence-electron chi connectivity index (χ0n) is 16.1. The van der Waals surface area contributed by atoms with Crippen molar-refractivity contribution in [3.8, 4) is 0 Å². The van der Waals surface area contributed by atoms with Crippen LogP contribution in [0.15, 0.2) is 0 Å². The Labute approximate surface area is 168 Å². The Hall–Kier alpha value is -0.0336. The zero-order chi connectivity index (χ0) is 17.6. The minimum absolute atomic E-state index is 0. The van der Waals surface area contributed by atoms with E-state index in [9.17, 15) is 4.79 Å². The summed E-state index contributed by atoms with van der Waals surface area (Å²) in [5, 5.41) is 2.78. The van der Waals surface area contributed by atoms with E-state index in [0.717, 1.165) is 25.5 Å². The molecule has 0 aromatic carbocycles. The maximum Gasteiger partial charge on any atom is 2.00 e. The van der Waals surface area contributed by atoms with Crippen LogP contribution in [-0.2, 0) is 26.2 Å². The maximum atomic E-state index is 11.4. The Balaban J connectivity index is 0.000000693. The minimum atomic E-state index is -0.283. The predicted octanol–water partition coefficient (Wildman–Crippen LogP) is 4.72. The van der Waals surface area contributed by atoms with Gasteiger partial charge in [0.25, 0.3) is 0 Å². The van der Waals surface area contributed by atoms with Crippen molar-refractivity contribution in [2.24, 2.45) is 5.92 Å². The van der Waals surface area contributed by atoms with Crippen LogP contribution in [0.2, 0.25) is 6.04 Å². The van der Waals surface area contributed by atoms with Crippen LogP contribution in [0.4, 0.5) is 4.79 Å². The fraction of sp³-hybridized carbons (Fsp3) is 0.842. The third-order valence-electron chi connectivity index (χ3n) is 4.66. The van der Waals surface area contributed by atoms with Crippen LogP contribution >= 0.6 is 0 Å². The molecule has 2 rings (SSSR count). The van der Waals surface area contributed by atoms with Crippen molar-refractivity contribution in [1.82, 2.24) is 5.32 Å². The fourth-order valence-electron chi connectivity index (χ4n) is 3.03. The normalized spacial score (nSPS) is 20.5. The van der Waals surface area contributed by atoms with Crippen molar-refractivity contribution in [2.75, 3.05) is 19.8 Å². The summed E-state index contributed by atoms with van der Waals surface area (Å²) in [5.74, 6) is 3.66. The SMILES string of the molecule is CCO[Si]CCCNC(=O)OCC1CCC[C-]1C.C[C-]1CCCC1.[Fe+2]. The summed E-state index contributed by atoms with van der Waals surface area (Å²) >= 11 is 0. The van der Waals surface area contributed by atoms with E-state index in [4.69, 9.17) is 9.16 Å². The monoisotopic (exact) mass is 409 g/mol. The Bertz CT molecular complexity index is 328. The standard InChI is InChI=1S/C13H24NO3Si.C6H11.Fe/c1-3-17-18-9-5-8-14-13(15)16-10-12-7-4-6-11(12)2;1-6-4-2-3-5-6;/h12H,3-10H2,1-2H3,(H,14,15);2-5H2,1H3;/q2*-1;+2. The number of nitrogens with one attached hydrogen (secondary N) is 1. The van der Waals surface area contributed by atoms with Crippen molar-refractivity contribution in [3.05, 3.63) is 11.8 Å². The molecule has 146 valence electrons. The predicted molar refractivity (Wildman–Crippen MR) is 99.8 cm³/mol. The van der Waals surface area contributed by atoms with Gasteiger partial charge in [0.1, 0.15) is 0 Å². The van der Waals surface area contributed by atoms with E-state index >= 15 is 0 Å². The van der Waals surface area contributed by atoms with Gasteiger partial charge in [-0.1, -0.05) is 25.7 Å². The molecular formula is C19H35FeNO3Si. The van der Waals surface area contributed by atoms with Gasteiger partial charge < -0.3 is 26.3 Å². The van der Waals surface area contributed by atoms with Gasteiger partial charge in [-0.05, 0) is 19.4 Å². The van der Waals surface area contributed by atoms with Gasteiger partial charge in [-0.2, -0.15) is 33.1 Å². The quantitative estimate of drug-likeness (QED) is 0.358. The number of amides is 1. The van der Waals surface area contributed by atoms with Crippen molar-refractivity contribution >= 4 is 15.9 Å². The summed E-state index contributed by atoms with van der Waals surface area (Å²) in [7, 11) is 0.542. The molecule has 1 N–H and O–H groups in total. The molecule has 2 aliphatic carbocycles. The van der Waals surface area contributed by atoms with Crippen molar-refractivity contribution in [3.63, 3.8) is 0 Å². The number of carbonyl (C=O) groups is 1. The van der Waals surface area contributed by atoms with E-state index in [0.29, 0.717) is 28.8 Å². The minimum Gasteiger partial charge on any atom is -0.452 e.